The summed E-state index contributed by atoms with van der Waals surface area (Å²) >= 11 is 5.92. The molecule has 0 aliphatic carbocycles. The number of carbonyl (C=O) groups is 1. The van der Waals surface area contributed by atoms with Crippen molar-refractivity contribution < 1.29 is 9.53 Å². The van der Waals surface area contributed by atoms with Gasteiger partial charge in [0, 0.05) is 0 Å². The second-order valence-corrected chi connectivity index (χ2v) is 3.33. The standard InChI is InChI=1S/C11H10ClNO2/c1-3-15-11(14)8-5-4-7(2)9(6-13)10(8)12/h4-5H,3H2,1-2H3. The molecule has 0 amide bonds. The van der Waals surface area contributed by atoms with Crippen LogP contribution >= 0.6 is 11.6 Å². The Bertz CT molecular complexity index is 435. The van der Waals surface area contributed by atoms with E-state index in [1.54, 1.807) is 26.0 Å². The lowest BCUT2D eigenvalue weighted by Crippen LogP contribution is -2.06. The minimum Gasteiger partial charge on any atom is -0.462 e. The molecule has 0 bridgehead atoms. The van der Waals surface area contributed by atoms with Gasteiger partial charge in [0.2, 0.25) is 0 Å². The van der Waals surface area contributed by atoms with Crippen molar-refractivity contribution in [3.63, 3.8) is 0 Å². The molecular weight excluding hydrogens is 214 g/mol. The summed E-state index contributed by atoms with van der Waals surface area (Å²) in [5.41, 5.74) is 1.30. The number of aryl methyl sites for hydroxylation is 1. The van der Waals surface area contributed by atoms with Gasteiger partial charge in [-0.25, -0.2) is 4.79 Å². The molecule has 0 unspecified atom stereocenters. The van der Waals surface area contributed by atoms with Crippen molar-refractivity contribution >= 4 is 17.6 Å². The Labute approximate surface area is 93.2 Å². The number of esters is 1. The van der Waals surface area contributed by atoms with Gasteiger partial charge in [0.15, 0.2) is 0 Å². The zero-order chi connectivity index (χ0) is 11.4. The summed E-state index contributed by atoms with van der Waals surface area (Å²) in [5.74, 6) is -0.501. The summed E-state index contributed by atoms with van der Waals surface area (Å²) in [5, 5.41) is 9.01. The Hall–Kier alpha value is -1.53. The smallest absolute Gasteiger partial charge is 0.339 e. The van der Waals surface area contributed by atoms with Crippen LogP contribution in [0.15, 0.2) is 12.1 Å². The normalized spacial score (nSPS) is 9.47. The second kappa shape index (κ2) is 4.81. The molecule has 0 aliphatic rings. The quantitative estimate of drug-likeness (QED) is 0.725. The van der Waals surface area contributed by atoms with Crippen molar-refractivity contribution in [1.82, 2.24) is 0 Å². The van der Waals surface area contributed by atoms with Gasteiger partial charge in [0.25, 0.3) is 0 Å². The first kappa shape index (κ1) is 11.5. The van der Waals surface area contributed by atoms with Crippen LogP contribution in [-0.2, 0) is 4.74 Å². The van der Waals surface area contributed by atoms with Crippen LogP contribution in [0.25, 0.3) is 0 Å². The van der Waals surface area contributed by atoms with Crippen molar-refractivity contribution in [3.8, 4) is 6.07 Å². The van der Waals surface area contributed by atoms with Crippen molar-refractivity contribution in [2.45, 2.75) is 13.8 Å². The fraction of sp³-hybridized carbons (Fsp3) is 0.273. The molecule has 0 radical (unpaired) electrons. The Balaban J connectivity index is 3.23. The molecule has 0 saturated carbocycles. The zero-order valence-corrected chi connectivity index (χ0v) is 9.26. The highest BCUT2D eigenvalue weighted by Crippen LogP contribution is 2.24. The number of nitriles is 1. The molecule has 3 nitrogen and oxygen atoms in total. The number of benzene rings is 1. The Morgan fingerprint density at radius 1 is 1.60 bits per heavy atom. The van der Waals surface area contributed by atoms with Crippen molar-refractivity contribution in [1.29, 1.82) is 5.26 Å². The van der Waals surface area contributed by atoms with Crippen LogP contribution < -0.4 is 0 Å². The molecule has 15 heavy (non-hydrogen) atoms. The van der Waals surface area contributed by atoms with E-state index in [0.29, 0.717) is 5.56 Å². The average molecular weight is 224 g/mol. The maximum absolute atomic E-state index is 11.4. The molecule has 78 valence electrons. The first-order valence-corrected chi connectivity index (χ1v) is 4.86. The van der Waals surface area contributed by atoms with Crippen LogP contribution in [0.3, 0.4) is 0 Å². The van der Waals surface area contributed by atoms with Crippen molar-refractivity contribution in [2.24, 2.45) is 0 Å². The first-order chi connectivity index (χ1) is 7.11. The van der Waals surface area contributed by atoms with E-state index in [9.17, 15) is 4.79 Å². The van der Waals surface area contributed by atoms with Gasteiger partial charge in [-0.2, -0.15) is 5.26 Å². The van der Waals surface area contributed by atoms with Gasteiger partial charge in [-0.1, -0.05) is 17.7 Å². The van der Waals surface area contributed by atoms with E-state index in [0.717, 1.165) is 5.56 Å². The number of halogens is 1. The lowest BCUT2D eigenvalue weighted by Gasteiger charge is -2.06. The van der Waals surface area contributed by atoms with Crippen LogP contribution in [0.5, 0.6) is 0 Å². The van der Waals surface area contributed by atoms with E-state index in [-0.39, 0.29) is 17.2 Å². The van der Waals surface area contributed by atoms with Gasteiger partial charge >= 0.3 is 5.97 Å². The zero-order valence-electron chi connectivity index (χ0n) is 8.50. The molecule has 0 spiro atoms. The minimum absolute atomic E-state index is 0.163. The van der Waals surface area contributed by atoms with Crippen molar-refractivity contribution in [3.05, 3.63) is 33.8 Å². The summed E-state index contributed by atoms with van der Waals surface area (Å²) in [6, 6.07) is 5.20. The van der Waals surface area contributed by atoms with Gasteiger partial charge in [-0.15, -0.1) is 0 Å². The highest BCUT2D eigenvalue weighted by Gasteiger charge is 2.15. The van der Waals surface area contributed by atoms with E-state index < -0.39 is 5.97 Å². The maximum atomic E-state index is 11.4. The number of hydrogen-bond donors (Lipinski definition) is 0. The maximum Gasteiger partial charge on any atom is 0.339 e. The largest absolute Gasteiger partial charge is 0.462 e. The molecule has 0 N–H and O–H groups in total. The molecule has 4 heteroatoms. The van der Waals surface area contributed by atoms with Crippen LogP contribution in [-0.4, -0.2) is 12.6 Å². The Morgan fingerprint density at radius 3 is 2.80 bits per heavy atom. The van der Waals surface area contributed by atoms with Gasteiger partial charge < -0.3 is 4.74 Å². The summed E-state index contributed by atoms with van der Waals surface area (Å²) in [4.78, 5) is 11.4. The van der Waals surface area contributed by atoms with Crippen LogP contribution in [0.4, 0.5) is 0 Å². The first-order valence-electron chi connectivity index (χ1n) is 4.48. The summed E-state index contributed by atoms with van der Waals surface area (Å²) < 4.78 is 4.82. The lowest BCUT2D eigenvalue weighted by molar-refractivity contribution is 0.0526. The SMILES string of the molecule is CCOC(=O)c1ccc(C)c(C#N)c1Cl. The van der Waals surface area contributed by atoms with E-state index in [4.69, 9.17) is 21.6 Å². The van der Waals surface area contributed by atoms with Crippen molar-refractivity contribution in [2.75, 3.05) is 6.61 Å². The molecule has 1 aromatic carbocycles. The van der Waals surface area contributed by atoms with E-state index in [1.165, 1.54) is 0 Å². The summed E-state index contributed by atoms with van der Waals surface area (Å²) in [6.45, 7) is 3.76. The summed E-state index contributed by atoms with van der Waals surface area (Å²) in [7, 11) is 0. The van der Waals surface area contributed by atoms with Crippen LogP contribution in [0.1, 0.15) is 28.4 Å². The van der Waals surface area contributed by atoms with Gasteiger partial charge in [-0.05, 0) is 25.5 Å². The van der Waals surface area contributed by atoms with E-state index >= 15 is 0 Å². The summed E-state index contributed by atoms with van der Waals surface area (Å²) in [6.07, 6.45) is 0. The third-order valence-electron chi connectivity index (χ3n) is 1.96. The van der Waals surface area contributed by atoms with Gasteiger partial charge in [-0.3, -0.25) is 0 Å². The van der Waals surface area contributed by atoms with E-state index in [1.807, 2.05) is 6.07 Å². The molecule has 0 aromatic heterocycles. The molecule has 0 heterocycles. The third-order valence-corrected chi connectivity index (χ3v) is 2.35. The lowest BCUT2D eigenvalue weighted by atomic mass is 10.1. The fourth-order valence-corrected chi connectivity index (χ4v) is 1.51. The van der Waals surface area contributed by atoms with Gasteiger partial charge in [0.1, 0.15) is 6.07 Å². The number of hydrogen-bond acceptors (Lipinski definition) is 3. The predicted molar refractivity (Wildman–Crippen MR) is 56.9 cm³/mol. The Kier molecular flexibility index (Phi) is 3.70. The fourth-order valence-electron chi connectivity index (χ4n) is 1.18. The molecule has 0 atom stereocenters. The molecule has 0 aliphatic heterocycles. The van der Waals surface area contributed by atoms with Gasteiger partial charge in [0.05, 0.1) is 22.8 Å². The Morgan fingerprint density at radius 2 is 2.27 bits per heavy atom. The monoisotopic (exact) mass is 223 g/mol. The average Bonchev–Trinajstić information content (AvgIpc) is 2.18. The number of nitrogens with zero attached hydrogens (tertiary/aromatic N) is 1. The molecule has 0 fully saturated rings. The highest BCUT2D eigenvalue weighted by atomic mass is 35.5. The number of ether oxygens (including phenoxy) is 1. The molecule has 1 rings (SSSR count). The molecular formula is C11H10ClNO2. The topological polar surface area (TPSA) is 50.1 Å². The number of rotatable bonds is 2. The number of carbonyl (C=O) groups excluding carboxylic acids is 1. The minimum atomic E-state index is -0.501. The second-order valence-electron chi connectivity index (χ2n) is 2.95. The highest BCUT2D eigenvalue weighted by molar-refractivity contribution is 6.34. The predicted octanol–water partition coefficient (Wildman–Crippen LogP) is 2.70. The molecule has 1 aromatic rings. The molecule has 0 saturated heterocycles. The van der Waals surface area contributed by atoms with E-state index in [2.05, 4.69) is 0 Å². The third kappa shape index (κ3) is 2.28. The van der Waals surface area contributed by atoms with Crippen LogP contribution in [0, 0.1) is 18.3 Å². The van der Waals surface area contributed by atoms with Crippen LogP contribution in [0.2, 0.25) is 5.02 Å².